The number of benzene rings is 1. The van der Waals surface area contributed by atoms with Gasteiger partial charge in [0.15, 0.2) is 0 Å². The van der Waals surface area contributed by atoms with Gasteiger partial charge in [0.1, 0.15) is 6.10 Å². The van der Waals surface area contributed by atoms with Crippen molar-refractivity contribution in [2.75, 3.05) is 25.2 Å². The fraction of sp³-hybridized carbons (Fsp3) is 0.471. The van der Waals surface area contributed by atoms with Gasteiger partial charge in [-0.25, -0.2) is 4.79 Å². The summed E-state index contributed by atoms with van der Waals surface area (Å²) in [5.41, 5.74) is 3.58. The Labute approximate surface area is 125 Å². The zero-order valence-corrected chi connectivity index (χ0v) is 12.4. The summed E-state index contributed by atoms with van der Waals surface area (Å²) in [4.78, 5) is 13.6. The van der Waals surface area contributed by atoms with Crippen molar-refractivity contribution in [3.05, 3.63) is 35.9 Å². The highest BCUT2D eigenvalue weighted by Gasteiger charge is 2.32. The van der Waals surface area contributed by atoms with Crippen LogP contribution in [0.25, 0.3) is 5.57 Å². The molecule has 1 aliphatic heterocycles. The van der Waals surface area contributed by atoms with Crippen LogP contribution in [0.1, 0.15) is 31.2 Å². The topological polar surface area (TPSA) is 38.8 Å². The van der Waals surface area contributed by atoms with E-state index in [1.807, 2.05) is 12.1 Å². The minimum absolute atomic E-state index is 0.178. The second kappa shape index (κ2) is 6.31. The number of ether oxygens (including phenoxy) is 2. The summed E-state index contributed by atoms with van der Waals surface area (Å²) in [6, 6.07) is 8.20. The van der Waals surface area contributed by atoms with Crippen molar-refractivity contribution in [3.8, 4) is 0 Å². The molecule has 0 bridgehead atoms. The molecule has 1 aliphatic carbocycles. The Morgan fingerprint density at radius 1 is 1.29 bits per heavy atom. The van der Waals surface area contributed by atoms with E-state index in [4.69, 9.17) is 9.47 Å². The normalized spacial score (nSPS) is 22.1. The molecular formula is C17H21NO3. The number of methoxy groups -OCH3 is 1. The summed E-state index contributed by atoms with van der Waals surface area (Å²) in [7, 11) is 1.61. The number of carbonyl (C=O) groups excluding carboxylic acids is 1. The van der Waals surface area contributed by atoms with Crippen LogP contribution in [-0.2, 0) is 9.47 Å². The maximum absolute atomic E-state index is 11.9. The summed E-state index contributed by atoms with van der Waals surface area (Å²) in [5.74, 6) is 0. The molecule has 1 fully saturated rings. The van der Waals surface area contributed by atoms with Crippen LogP contribution in [0.4, 0.5) is 10.5 Å². The van der Waals surface area contributed by atoms with Crippen LogP contribution in [0, 0.1) is 0 Å². The van der Waals surface area contributed by atoms with Crippen LogP contribution < -0.4 is 4.90 Å². The number of rotatable bonds is 4. The SMILES string of the molecule is COC[C@@H]1CN(c2ccc(C3=CCCCC3)cc2)C(=O)O1. The largest absolute Gasteiger partial charge is 0.441 e. The highest BCUT2D eigenvalue weighted by atomic mass is 16.6. The van der Waals surface area contributed by atoms with Crippen LogP contribution in [0.5, 0.6) is 0 Å². The zero-order chi connectivity index (χ0) is 14.7. The summed E-state index contributed by atoms with van der Waals surface area (Å²) >= 11 is 0. The Kier molecular flexibility index (Phi) is 4.25. The minimum atomic E-state index is -0.290. The van der Waals surface area contributed by atoms with Gasteiger partial charge in [-0.2, -0.15) is 0 Å². The fourth-order valence-corrected chi connectivity index (χ4v) is 2.96. The first-order valence-electron chi connectivity index (χ1n) is 7.54. The van der Waals surface area contributed by atoms with E-state index < -0.39 is 0 Å². The number of anilines is 1. The van der Waals surface area contributed by atoms with Crippen molar-refractivity contribution < 1.29 is 14.3 Å². The van der Waals surface area contributed by atoms with Gasteiger partial charge in [-0.1, -0.05) is 18.2 Å². The van der Waals surface area contributed by atoms with Crippen LogP contribution in [-0.4, -0.2) is 32.5 Å². The second-order valence-electron chi connectivity index (χ2n) is 5.59. The Bertz CT molecular complexity index is 535. The standard InChI is InChI=1S/C17H21NO3/c1-20-12-16-11-18(17(19)21-16)15-9-7-14(8-10-15)13-5-3-2-4-6-13/h5,7-10,16H,2-4,6,11-12H2,1H3/t16-/m0/s1. The minimum Gasteiger partial charge on any atom is -0.441 e. The van der Waals surface area contributed by atoms with Crippen molar-refractivity contribution in [1.29, 1.82) is 0 Å². The van der Waals surface area contributed by atoms with E-state index in [9.17, 15) is 4.79 Å². The Hall–Kier alpha value is -1.81. The van der Waals surface area contributed by atoms with Crippen molar-refractivity contribution >= 4 is 17.4 Å². The first kappa shape index (κ1) is 14.1. The van der Waals surface area contributed by atoms with Crippen LogP contribution in [0.15, 0.2) is 30.3 Å². The highest BCUT2D eigenvalue weighted by molar-refractivity contribution is 5.90. The Morgan fingerprint density at radius 2 is 2.10 bits per heavy atom. The van der Waals surface area contributed by atoms with Crippen molar-refractivity contribution in [2.45, 2.75) is 31.8 Å². The second-order valence-corrected chi connectivity index (χ2v) is 5.59. The van der Waals surface area contributed by atoms with E-state index in [0.717, 1.165) is 12.1 Å². The molecule has 0 saturated carbocycles. The predicted molar refractivity (Wildman–Crippen MR) is 82.4 cm³/mol. The lowest BCUT2D eigenvalue weighted by Crippen LogP contribution is -2.25. The van der Waals surface area contributed by atoms with E-state index in [2.05, 4.69) is 18.2 Å². The summed E-state index contributed by atoms with van der Waals surface area (Å²) in [5, 5.41) is 0. The lowest BCUT2D eigenvalue weighted by molar-refractivity contribution is 0.0718. The first-order valence-corrected chi connectivity index (χ1v) is 7.54. The molecule has 0 radical (unpaired) electrons. The highest BCUT2D eigenvalue weighted by Crippen LogP contribution is 2.29. The molecule has 1 aromatic carbocycles. The summed E-state index contributed by atoms with van der Waals surface area (Å²) in [6.07, 6.45) is 6.75. The van der Waals surface area contributed by atoms with Crippen LogP contribution in [0.3, 0.4) is 0 Å². The van der Waals surface area contributed by atoms with E-state index in [1.54, 1.807) is 12.0 Å². The third-order valence-electron chi connectivity index (χ3n) is 4.07. The molecule has 4 nitrogen and oxygen atoms in total. The number of nitrogens with zero attached hydrogens (tertiary/aromatic N) is 1. The van der Waals surface area contributed by atoms with E-state index in [-0.39, 0.29) is 12.2 Å². The van der Waals surface area contributed by atoms with E-state index in [1.165, 1.54) is 30.4 Å². The molecule has 0 aromatic heterocycles. The quantitative estimate of drug-likeness (QED) is 0.849. The lowest BCUT2D eigenvalue weighted by atomic mass is 9.93. The number of hydrogen-bond donors (Lipinski definition) is 0. The van der Waals surface area contributed by atoms with Gasteiger partial charge >= 0.3 is 6.09 Å². The Balaban J connectivity index is 1.72. The van der Waals surface area contributed by atoms with Gasteiger partial charge in [-0.3, -0.25) is 4.90 Å². The first-order chi connectivity index (χ1) is 10.3. The predicted octanol–water partition coefficient (Wildman–Crippen LogP) is 3.62. The summed E-state index contributed by atoms with van der Waals surface area (Å²) in [6.45, 7) is 0.988. The zero-order valence-electron chi connectivity index (χ0n) is 12.4. The van der Waals surface area contributed by atoms with E-state index in [0.29, 0.717) is 13.2 Å². The number of hydrogen-bond acceptors (Lipinski definition) is 3. The molecule has 21 heavy (non-hydrogen) atoms. The molecule has 1 aromatic rings. The van der Waals surface area contributed by atoms with Gasteiger partial charge in [0.2, 0.25) is 0 Å². The van der Waals surface area contributed by atoms with Gasteiger partial charge in [-0.05, 0) is 49.0 Å². The molecule has 3 rings (SSSR count). The lowest BCUT2D eigenvalue weighted by Gasteiger charge is -2.16. The van der Waals surface area contributed by atoms with Crippen molar-refractivity contribution in [3.63, 3.8) is 0 Å². The van der Waals surface area contributed by atoms with Crippen LogP contribution in [0.2, 0.25) is 0 Å². The van der Waals surface area contributed by atoms with Gasteiger partial charge in [0.05, 0.1) is 13.2 Å². The number of amides is 1. The Morgan fingerprint density at radius 3 is 2.76 bits per heavy atom. The van der Waals surface area contributed by atoms with Gasteiger partial charge in [0.25, 0.3) is 0 Å². The molecule has 1 heterocycles. The maximum Gasteiger partial charge on any atom is 0.414 e. The average molecular weight is 287 g/mol. The van der Waals surface area contributed by atoms with Gasteiger partial charge < -0.3 is 9.47 Å². The molecular weight excluding hydrogens is 266 g/mol. The molecule has 112 valence electrons. The molecule has 0 N–H and O–H groups in total. The molecule has 1 amide bonds. The maximum atomic E-state index is 11.9. The van der Waals surface area contributed by atoms with Gasteiger partial charge in [-0.15, -0.1) is 0 Å². The monoisotopic (exact) mass is 287 g/mol. The number of carbonyl (C=O) groups is 1. The average Bonchev–Trinajstić information content (AvgIpc) is 2.89. The molecule has 0 unspecified atom stereocenters. The number of cyclic esters (lactones) is 1. The van der Waals surface area contributed by atoms with Crippen molar-refractivity contribution in [1.82, 2.24) is 0 Å². The van der Waals surface area contributed by atoms with Crippen molar-refractivity contribution in [2.24, 2.45) is 0 Å². The van der Waals surface area contributed by atoms with Crippen LogP contribution >= 0.6 is 0 Å². The summed E-state index contributed by atoms with van der Waals surface area (Å²) < 4.78 is 10.3. The molecule has 0 spiro atoms. The molecule has 2 aliphatic rings. The smallest absolute Gasteiger partial charge is 0.414 e. The number of allylic oxidation sites excluding steroid dienone is 2. The molecule has 1 atom stereocenters. The third-order valence-corrected chi connectivity index (χ3v) is 4.07. The third kappa shape index (κ3) is 3.10. The van der Waals surface area contributed by atoms with E-state index >= 15 is 0 Å². The fourth-order valence-electron chi connectivity index (χ4n) is 2.96. The molecule has 4 heteroatoms. The molecule has 1 saturated heterocycles. The van der Waals surface area contributed by atoms with Gasteiger partial charge in [0, 0.05) is 12.8 Å².